The van der Waals surface area contributed by atoms with Gasteiger partial charge in [-0.1, -0.05) is 6.07 Å². The fraction of sp³-hybridized carbons (Fsp3) is 0.333. The largest absolute Gasteiger partial charge is 0.340 e. The minimum absolute atomic E-state index is 0. The molecule has 1 amide bonds. The third kappa shape index (κ3) is 2.80. The minimum Gasteiger partial charge on any atom is -0.340 e. The Morgan fingerprint density at radius 2 is 2.28 bits per heavy atom. The number of halogens is 1. The number of rotatable bonds is 4. The Kier molecular flexibility index (Phi) is 5.12. The van der Waals surface area contributed by atoms with E-state index in [2.05, 4.69) is 10.4 Å². The number of hydrogen-bond acceptors (Lipinski definition) is 3. The van der Waals surface area contributed by atoms with Crippen molar-refractivity contribution in [1.29, 1.82) is 0 Å². The highest BCUT2D eigenvalue weighted by Gasteiger charge is 2.15. The molecule has 0 saturated heterocycles. The molecule has 0 aliphatic carbocycles. The van der Waals surface area contributed by atoms with Crippen LogP contribution in [0.1, 0.15) is 10.4 Å². The summed E-state index contributed by atoms with van der Waals surface area (Å²) >= 11 is 0. The Balaban J connectivity index is 0.00000162. The van der Waals surface area contributed by atoms with E-state index in [1.165, 1.54) is 0 Å². The van der Waals surface area contributed by atoms with Gasteiger partial charge in [0.2, 0.25) is 0 Å². The molecule has 0 atom stereocenters. The number of pyridine rings is 1. The maximum Gasteiger partial charge on any atom is 0.257 e. The van der Waals surface area contributed by atoms with Gasteiger partial charge in [0.25, 0.3) is 5.91 Å². The van der Waals surface area contributed by atoms with Crippen LogP contribution in [-0.2, 0) is 0 Å². The molecule has 0 radical (unpaired) electrons. The Bertz CT molecular complexity index is 526. The molecule has 0 unspecified atom stereocenters. The first-order valence-electron chi connectivity index (χ1n) is 5.56. The van der Waals surface area contributed by atoms with Crippen LogP contribution in [0.3, 0.4) is 0 Å². The number of aromatic nitrogens is 2. The highest BCUT2D eigenvalue weighted by atomic mass is 35.5. The van der Waals surface area contributed by atoms with Crippen LogP contribution >= 0.6 is 12.4 Å². The molecule has 0 bridgehead atoms. The van der Waals surface area contributed by atoms with Crippen molar-refractivity contribution in [2.45, 2.75) is 0 Å². The highest BCUT2D eigenvalue weighted by molar-refractivity contribution is 6.00. The predicted octanol–water partition coefficient (Wildman–Crippen LogP) is 1.05. The van der Waals surface area contributed by atoms with E-state index in [0.29, 0.717) is 12.1 Å². The molecular weight excluding hydrogens is 252 g/mol. The maximum atomic E-state index is 12.2. The van der Waals surface area contributed by atoms with Gasteiger partial charge in [0.15, 0.2) is 0 Å². The fourth-order valence-corrected chi connectivity index (χ4v) is 1.69. The molecule has 6 heteroatoms. The lowest BCUT2D eigenvalue weighted by Crippen LogP contribution is -2.32. The number of fused-ring (bicyclic) bond motifs is 1. The third-order valence-corrected chi connectivity index (χ3v) is 2.70. The first-order valence-corrected chi connectivity index (χ1v) is 5.56. The molecule has 2 aromatic rings. The van der Waals surface area contributed by atoms with Gasteiger partial charge in [0.1, 0.15) is 0 Å². The Hall–Kier alpha value is -1.59. The van der Waals surface area contributed by atoms with Gasteiger partial charge < -0.3 is 10.2 Å². The SMILES string of the molecule is CNCCN(C)C(=O)c1cnn2ccccc12.Cl. The number of hydrogen-bond donors (Lipinski definition) is 1. The van der Waals surface area contributed by atoms with E-state index in [1.54, 1.807) is 22.7 Å². The van der Waals surface area contributed by atoms with Gasteiger partial charge in [0.05, 0.1) is 17.3 Å². The molecule has 18 heavy (non-hydrogen) atoms. The summed E-state index contributed by atoms with van der Waals surface area (Å²) in [4.78, 5) is 13.9. The zero-order valence-corrected chi connectivity index (χ0v) is 11.3. The average molecular weight is 269 g/mol. The Morgan fingerprint density at radius 3 is 3.00 bits per heavy atom. The zero-order valence-electron chi connectivity index (χ0n) is 10.5. The van der Waals surface area contributed by atoms with Crippen LogP contribution in [0.4, 0.5) is 0 Å². The number of amides is 1. The van der Waals surface area contributed by atoms with Gasteiger partial charge in [-0.25, -0.2) is 4.52 Å². The van der Waals surface area contributed by atoms with Crippen molar-refractivity contribution in [1.82, 2.24) is 19.8 Å². The standard InChI is InChI=1S/C12H16N4O.ClH/c1-13-6-8-15(2)12(17)10-9-14-16-7-4-3-5-11(10)16;/h3-5,7,9,13H,6,8H2,1-2H3;1H. The molecule has 0 aromatic carbocycles. The summed E-state index contributed by atoms with van der Waals surface area (Å²) in [6, 6.07) is 5.69. The summed E-state index contributed by atoms with van der Waals surface area (Å²) in [6.07, 6.45) is 3.45. The van der Waals surface area contributed by atoms with Crippen molar-refractivity contribution in [2.75, 3.05) is 27.2 Å². The third-order valence-electron chi connectivity index (χ3n) is 2.70. The van der Waals surface area contributed by atoms with E-state index in [0.717, 1.165) is 12.1 Å². The molecule has 0 spiro atoms. The van der Waals surface area contributed by atoms with Crippen molar-refractivity contribution in [3.05, 3.63) is 36.2 Å². The zero-order chi connectivity index (χ0) is 12.3. The summed E-state index contributed by atoms with van der Waals surface area (Å²) in [6.45, 7) is 1.46. The molecule has 2 rings (SSSR count). The number of carbonyl (C=O) groups excluding carboxylic acids is 1. The van der Waals surface area contributed by atoms with Gasteiger partial charge >= 0.3 is 0 Å². The van der Waals surface area contributed by atoms with Crippen molar-refractivity contribution in [3.8, 4) is 0 Å². The highest BCUT2D eigenvalue weighted by Crippen LogP contribution is 2.11. The average Bonchev–Trinajstić information content (AvgIpc) is 2.78. The van der Waals surface area contributed by atoms with Gasteiger partial charge in [-0.3, -0.25) is 4.79 Å². The van der Waals surface area contributed by atoms with Crippen molar-refractivity contribution in [3.63, 3.8) is 0 Å². The molecule has 0 saturated carbocycles. The summed E-state index contributed by atoms with van der Waals surface area (Å²) in [5.74, 6) is 0.00134. The lowest BCUT2D eigenvalue weighted by atomic mass is 10.2. The van der Waals surface area contributed by atoms with E-state index in [9.17, 15) is 4.79 Å². The van der Waals surface area contributed by atoms with E-state index in [4.69, 9.17) is 0 Å². The predicted molar refractivity (Wildman–Crippen MR) is 73.3 cm³/mol. The smallest absolute Gasteiger partial charge is 0.257 e. The van der Waals surface area contributed by atoms with E-state index in [-0.39, 0.29) is 18.3 Å². The topological polar surface area (TPSA) is 49.6 Å². The summed E-state index contributed by atoms with van der Waals surface area (Å²) in [5, 5.41) is 7.18. The Labute approximate surface area is 112 Å². The molecule has 98 valence electrons. The second-order valence-corrected chi connectivity index (χ2v) is 3.92. The normalized spacial score (nSPS) is 10.1. The van der Waals surface area contributed by atoms with Crippen molar-refractivity contribution in [2.24, 2.45) is 0 Å². The van der Waals surface area contributed by atoms with Gasteiger partial charge in [0, 0.05) is 26.3 Å². The maximum absolute atomic E-state index is 12.2. The van der Waals surface area contributed by atoms with E-state index in [1.807, 2.05) is 31.4 Å². The molecule has 1 N–H and O–H groups in total. The van der Waals surface area contributed by atoms with Crippen molar-refractivity contribution >= 4 is 23.8 Å². The van der Waals surface area contributed by atoms with Gasteiger partial charge in [-0.05, 0) is 19.2 Å². The van der Waals surface area contributed by atoms with Crippen LogP contribution in [0.25, 0.3) is 5.52 Å². The number of likely N-dealkylation sites (N-methyl/N-ethyl adjacent to an activating group) is 2. The lowest BCUT2D eigenvalue weighted by molar-refractivity contribution is 0.0798. The summed E-state index contributed by atoms with van der Waals surface area (Å²) in [5.41, 5.74) is 1.48. The number of nitrogens with one attached hydrogen (secondary N) is 1. The van der Waals surface area contributed by atoms with Crippen LogP contribution in [0.2, 0.25) is 0 Å². The van der Waals surface area contributed by atoms with Crippen LogP contribution < -0.4 is 5.32 Å². The molecule has 0 aliphatic heterocycles. The number of carbonyl (C=O) groups is 1. The fourth-order valence-electron chi connectivity index (χ4n) is 1.69. The van der Waals surface area contributed by atoms with Crippen LogP contribution in [0.5, 0.6) is 0 Å². The van der Waals surface area contributed by atoms with Crippen LogP contribution in [0.15, 0.2) is 30.6 Å². The van der Waals surface area contributed by atoms with E-state index < -0.39 is 0 Å². The van der Waals surface area contributed by atoms with Gasteiger partial charge in [-0.15, -0.1) is 12.4 Å². The van der Waals surface area contributed by atoms with Crippen LogP contribution in [0, 0.1) is 0 Å². The first-order chi connectivity index (χ1) is 8.24. The second-order valence-electron chi connectivity index (χ2n) is 3.92. The Morgan fingerprint density at radius 1 is 1.50 bits per heavy atom. The summed E-state index contributed by atoms with van der Waals surface area (Å²) in [7, 11) is 3.67. The van der Waals surface area contributed by atoms with Crippen LogP contribution in [-0.4, -0.2) is 47.6 Å². The molecule has 0 aliphatic rings. The molecular formula is C12H17ClN4O. The first kappa shape index (κ1) is 14.5. The second kappa shape index (κ2) is 6.37. The number of nitrogens with zero attached hydrogens (tertiary/aromatic N) is 3. The monoisotopic (exact) mass is 268 g/mol. The quantitative estimate of drug-likeness (QED) is 0.902. The molecule has 2 heterocycles. The minimum atomic E-state index is 0. The van der Waals surface area contributed by atoms with E-state index >= 15 is 0 Å². The van der Waals surface area contributed by atoms with Gasteiger partial charge in [-0.2, -0.15) is 5.10 Å². The molecule has 0 fully saturated rings. The molecule has 5 nitrogen and oxygen atoms in total. The summed E-state index contributed by atoms with van der Waals surface area (Å²) < 4.78 is 1.71. The van der Waals surface area contributed by atoms with Crippen molar-refractivity contribution < 1.29 is 4.79 Å². The molecule has 2 aromatic heterocycles. The lowest BCUT2D eigenvalue weighted by Gasteiger charge is -2.15.